The molecular weight excluding hydrogens is 603 g/mol. The third kappa shape index (κ3) is 5.21. The van der Waals surface area contributed by atoms with Gasteiger partial charge in [0.25, 0.3) is 0 Å². The van der Waals surface area contributed by atoms with Crippen molar-refractivity contribution < 1.29 is 23.8 Å². The number of carbonyl (C=O) groups is 1. The van der Waals surface area contributed by atoms with Crippen molar-refractivity contribution in [3.8, 4) is 17.4 Å². The highest BCUT2D eigenvalue weighted by Crippen LogP contribution is 2.50. The van der Waals surface area contributed by atoms with Gasteiger partial charge in [0, 0.05) is 42.8 Å². The van der Waals surface area contributed by atoms with E-state index < -0.39 is 22.8 Å². The topological polar surface area (TPSA) is 113 Å². The number of likely N-dealkylation sites (N-methyl/N-ethyl adjacent to an activating group) is 1. The molecule has 3 atom stereocenters. The maximum Gasteiger partial charge on any atom is 0.341 e. The van der Waals surface area contributed by atoms with E-state index in [9.17, 15) is 14.7 Å². The molecular formula is C32H32ClFN6O5. The quantitative estimate of drug-likeness (QED) is 0.289. The molecule has 0 spiro atoms. The third-order valence-electron chi connectivity index (χ3n) is 9.13. The lowest BCUT2D eigenvalue weighted by molar-refractivity contribution is 0.0695. The molecule has 3 aromatic heterocycles. The highest BCUT2D eigenvalue weighted by Gasteiger charge is 2.53. The molecule has 1 N–H and O–H groups in total. The Hall–Kier alpha value is -4.42. The van der Waals surface area contributed by atoms with Gasteiger partial charge in [-0.1, -0.05) is 11.6 Å². The highest BCUT2D eigenvalue weighted by molar-refractivity contribution is 6.31. The van der Waals surface area contributed by atoms with E-state index >= 15 is 4.39 Å². The Morgan fingerprint density at radius 2 is 1.98 bits per heavy atom. The predicted molar refractivity (Wildman–Crippen MR) is 168 cm³/mol. The summed E-state index contributed by atoms with van der Waals surface area (Å²) in [5.74, 6) is -0.197. The molecule has 1 aliphatic carbocycles. The molecule has 5 heterocycles. The second kappa shape index (κ2) is 11.2. The number of benzene rings is 1. The zero-order valence-corrected chi connectivity index (χ0v) is 25.7. The van der Waals surface area contributed by atoms with Gasteiger partial charge in [-0.3, -0.25) is 4.79 Å². The van der Waals surface area contributed by atoms with E-state index in [4.69, 9.17) is 21.1 Å². The molecule has 3 aliphatic rings. The average Bonchev–Trinajstić information content (AvgIpc) is 3.66. The van der Waals surface area contributed by atoms with E-state index in [2.05, 4.69) is 19.8 Å². The van der Waals surface area contributed by atoms with Crippen LogP contribution in [0, 0.1) is 11.7 Å². The fourth-order valence-corrected chi connectivity index (χ4v) is 6.61. The Balaban J connectivity index is 1.25. The van der Waals surface area contributed by atoms with Gasteiger partial charge in [-0.25, -0.2) is 14.2 Å². The van der Waals surface area contributed by atoms with Crippen LogP contribution in [-0.4, -0.2) is 89.5 Å². The number of halogens is 2. The number of nitrogens with zero attached hydrogens (tertiary/aromatic N) is 6. The zero-order chi connectivity index (χ0) is 31.6. The standard InChI is InChI=1S/C32H32ClFN6O5/c1-37(2)20-13-38(14-20)28-6-4-18(12-35-28)39-15-22(32(42)43)30(41)21-10-24(34)27(11-26(21)39)40-19(8-17-9-25(17)40)16-45-31-23(33)5-7-29(36-31)44-3/h4-7,10-12,15,17,19-20,25H,8-9,13-14,16H2,1-3H3,(H,42,43)/t17-,19+,25+/m0/s1. The lowest BCUT2D eigenvalue weighted by atomic mass is 10.1. The molecule has 0 radical (unpaired) electrons. The molecule has 45 heavy (non-hydrogen) atoms. The maximum atomic E-state index is 15.9. The monoisotopic (exact) mass is 634 g/mol. The molecule has 3 fully saturated rings. The van der Waals surface area contributed by atoms with Crippen molar-refractivity contribution >= 4 is 40.0 Å². The number of ether oxygens (including phenoxy) is 2. The summed E-state index contributed by atoms with van der Waals surface area (Å²) in [4.78, 5) is 40.6. The first-order valence-electron chi connectivity index (χ1n) is 14.7. The van der Waals surface area contributed by atoms with Crippen molar-refractivity contribution in [1.82, 2.24) is 19.4 Å². The Morgan fingerprint density at radius 1 is 1.18 bits per heavy atom. The Kier molecular flexibility index (Phi) is 7.28. The van der Waals surface area contributed by atoms with Crippen LogP contribution >= 0.6 is 11.6 Å². The summed E-state index contributed by atoms with van der Waals surface area (Å²) in [5.41, 5.74) is 0.0599. The summed E-state index contributed by atoms with van der Waals surface area (Å²) in [6.07, 6.45) is 4.65. The van der Waals surface area contributed by atoms with E-state index in [1.165, 1.54) is 13.3 Å². The molecule has 0 unspecified atom stereocenters. The number of anilines is 2. The number of hydrogen-bond acceptors (Lipinski definition) is 9. The largest absolute Gasteiger partial charge is 0.481 e. The van der Waals surface area contributed by atoms with Crippen LogP contribution in [0.2, 0.25) is 5.02 Å². The van der Waals surface area contributed by atoms with Gasteiger partial charge in [0.2, 0.25) is 17.2 Å². The third-order valence-corrected chi connectivity index (χ3v) is 9.42. The van der Waals surface area contributed by atoms with Crippen molar-refractivity contribution in [3.05, 3.63) is 75.4 Å². The van der Waals surface area contributed by atoms with E-state index in [-0.39, 0.29) is 30.0 Å². The first-order valence-corrected chi connectivity index (χ1v) is 15.1. The van der Waals surface area contributed by atoms with Crippen molar-refractivity contribution in [2.75, 3.05) is 50.7 Å². The minimum absolute atomic E-state index is 0.0245. The molecule has 234 valence electrons. The number of aromatic carboxylic acids is 1. The van der Waals surface area contributed by atoms with Crippen LogP contribution in [0.3, 0.4) is 0 Å². The second-order valence-electron chi connectivity index (χ2n) is 12.1. The van der Waals surface area contributed by atoms with Gasteiger partial charge >= 0.3 is 5.97 Å². The van der Waals surface area contributed by atoms with Crippen molar-refractivity contribution in [2.24, 2.45) is 5.92 Å². The first kappa shape index (κ1) is 29.3. The van der Waals surface area contributed by atoms with Gasteiger partial charge in [-0.15, -0.1) is 0 Å². The molecule has 4 aromatic rings. The second-order valence-corrected chi connectivity index (χ2v) is 12.5. The lowest BCUT2D eigenvalue weighted by Crippen LogP contribution is -2.57. The van der Waals surface area contributed by atoms with E-state index in [0.717, 1.165) is 37.8 Å². The van der Waals surface area contributed by atoms with Crippen molar-refractivity contribution in [2.45, 2.75) is 31.0 Å². The van der Waals surface area contributed by atoms with E-state index in [0.29, 0.717) is 39.8 Å². The van der Waals surface area contributed by atoms with Crippen LogP contribution < -0.4 is 24.7 Å². The van der Waals surface area contributed by atoms with Crippen LogP contribution in [0.15, 0.2) is 53.6 Å². The lowest BCUT2D eigenvalue weighted by Gasteiger charge is -2.43. The number of hydrogen-bond donors (Lipinski definition) is 1. The number of aromatic nitrogens is 3. The summed E-state index contributed by atoms with van der Waals surface area (Å²) in [6, 6.07) is 10.2. The predicted octanol–water partition coefficient (Wildman–Crippen LogP) is 4.08. The number of methoxy groups -OCH3 is 1. The molecule has 2 aliphatic heterocycles. The smallest absolute Gasteiger partial charge is 0.341 e. The summed E-state index contributed by atoms with van der Waals surface area (Å²) < 4.78 is 28.7. The van der Waals surface area contributed by atoms with Gasteiger partial charge in [0.1, 0.15) is 28.8 Å². The summed E-state index contributed by atoms with van der Waals surface area (Å²) in [7, 11) is 5.60. The number of rotatable bonds is 9. The Bertz CT molecular complexity index is 1860. The average molecular weight is 635 g/mol. The fraction of sp³-hybridized carbons (Fsp3) is 0.375. The summed E-state index contributed by atoms with van der Waals surface area (Å²) in [6.45, 7) is 1.93. The van der Waals surface area contributed by atoms with Gasteiger partial charge < -0.3 is 33.8 Å². The SMILES string of the molecule is COc1ccc(Cl)c(OC[C@H]2C[C@H]3C[C@H]3N2c2cc3c(cc2F)c(=O)c(C(=O)O)cn3-c2ccc(N3CC(N(C)C)C3)nc2)n1. The highest BCUT2D eigenvalue weighted by atomic mass is 35.5. The molecule has 1 aromatic carbocycles. The van der Waals surface area contributed by atoms with Gasteiger partial charge in [-0.2, -0.15) is 4.98 Å². The molecule has 13 heteroatoms. The summed E-state index contributed by atoms with van der Waals surface area (Å²) in [5, 5.41) is 10.1. The molecule has 0 bridgehead atoms. The summed E-state index contributed by atoms with van der Waals surface area (Å²) >= 11 is 6.30. The van der Waals surface area contributed by atoms with Gasteiger partial charge in [0.05, 0.1) is 36.2 Å². The first-order chi connectivity index (χ1) is 21.6. The van der Waals surface area contributed by atoms with Crippen molar-refractivity contribution in [1.29, 1.82) is 0 Å². The molecule has 11 nitrogen and oxygen atoms in total. The minimum atomic E-state index is -1.39. The molecule has 0 amide bonds. The van der Waals surface area contributed by atoms with Crippen LogP contribution in [0.5, 0.6) is 11.8 Å². The number of pyridine rings is 3. The molecule has 7 rings (SSSR count). The van der Waals surface area contributed by atoms with Gasteiger partial charge in [-0.05, 0) is 63.2 Å². The number of piperidine rings is 1. The van der Waals surface area contributed by atoms with Gasteiger partial charge in [0.15, 0.2) is 0 Å². The van der Waals surface area contributed by atoms with Crippen molar-refractivity contribution in [3.63, 3.8) is 0 Å². The number of carboxylic acids is 1. The van der Waals surface area contributed by atoms with Crippen LogP contribution in [0.4, 0.5) is 15.9 Å². The Morgan fingerprint density at radius 3 is 2.67 bits per heavy atom. The van der Waals surface area contributed by atoms with E-state index in [1.807, 2.05) is 31.1 Å². The number of fused-ring (bicyclic) bond motifs is 2. The minimum Gasteiger partial charge on any atom is -0.481 e. The van der Waals surface area contributed by atoms with Crippen LogP contribution in [0.25, 0.3) is 16.6 Å². The van der Waals surface area contributed by atoms with E-state index in [1.54, 1.807) is 29.0 Å². The normalized spacial score (nSPS) is 20.8. The number of carboxylic acid groups (broad SMARTS) is 1. The Labute approximate surface area is 263 Å². The zero-order valence-electron chi connectivity index (χ0n) is 25.0. The maximum absolute atomic E-state index is 15.9. The molecule has 2 saturated heterocycles. The van der Waals surface area contributed by atoms with Crippen LogP contribution in [-0.2, 0) is 0 Å². The fourth-order valence-electron chi connectivity index (χ4n) is 6.45. The van der Waals surface area contributed by atoms with Crippen LogP contribution in [0.1, 0.15) is 23.2 Å². The molecule has 1 saturated carbocycles.